The van der Waals surface area contributed by atoms with E-state index in [2.05, 4.69) is 0 Å². The van der Waals surface area contributed by atoms with Crippen molar-refractivity contribution in [2.75, 3.05) is 26.7 Å². The van der Waals surface area contributed by atoms with Crippen molar-refractivity contribution in [3.05, 3.63) is 48.5 Å². The van der Waals surface area contributed by atoms with Gasteiger partial charge in [-0.25, -0.2) is 8.42 Å². The molecule has 0 saturated carbocycles. The number of methoxy groups -OCH3 is 1. The summed E-state index contributed by atoms with van der Waals surface area (Å²) in [6.45, 7) is 1.53. The van der Waals surface area contributed by atoms with Gasteiger partial charge in [0.05, 0.1) is 12.0 Å². The molecule has 1 unspecified atom stereocenters. The van der Waals surface area contributed by atoms with Crippen LogP contribution in [-0.4, -0.2) is 39.5 Å². The van der Waals surface area contributed by atoms with Gasteiger partial charge in [-0.2, -0.15) is 4.31 Å². The van der Waals surface area contributed by atoms with E-state index in [1.807, 2.05) is 0 Å². The first kappa shape index (κ1) is 17.7. The zero-order valence-electron chi connectivity index (χ0n) is 14.1. The first-order valence-corrected chi connectivity index (χ1v) is 9.59. The van der Waals surface area contributed by atoms with Crippen LogP contribution >= 0.6 is 0 Å². The molecule has 1 aliphatic rings. The van der Waals surface area contributed by atoms with Crippen molar-refractivity contribution in [3.63, 3.8) is 0 Å². The van der Waals surface area contributed by atoms with Crippen LogP contribution in [0.2, 0.25) is 0 Å². The van der Waals surface area contributed by atoms with Crippen LogP contribution in [0, 0.1) is 5.92 Å². The Morgan fingerprint density at radius 1 is 1.04 bits per heavy atom. The van der Waals surface area contributed by atoms with Crippen molar-refractivity contribution in [3.8, 4) is 17.2 Å². The summed E-state index contributed by atoms with van der Waals surface area (Å²) in [5.41, 5.74) is 5.64. The zero-order chi connectivity index (χ0) is 17.9. The molecular weight excluding hydrogens is 340 g/mol. The molecule has 2 aromatic rings. The third-order valence-electron chi connectivity index (χ3n) is 4.34. The molecule has 0 aromatic heterocycles. The summed E-state index contributed by atoms with van der Waals surface area (Å²) >= 11 is 0. The smallest absolute Gasteiger partial charge is 0.243 e. The van der Waals surface area contributed by atoms with Gasteiger partial charge in [0.15, 0.2) is 0 Å². The first-order valence-electron chi connectivity index (χ1n) is 8.15. The molecule has 1 aliphatic heterocycles. The summed E-state index contributed by atoms with van der Waals surface area (Å²) in [7, 11) is -1.87. The second-order valence-electron chi connectivity index (χ2n) is 6.00. The second-order valence-corrected chi connectivity index (χ2v) is 7.94. The number of ether oxygens (including phenoxy) is 2. The molecule has 1 saturated heterocycles. The van der Waals surface area contributed by atoms with Crippen molar-refractivity contribution in [1.29, 1.82) is 0 Å². The summed E-state index contributed by atoms with van der Waals surface area (Å²) in [5, 5.41) is 0. The second kappa shape index (κ2) is 7.43. The number of benzene rings is 2. The van der Waals surface area contributed by atoms with E-state index in [1.165, 1.54) is 4.31 Å². The molecule has 2 N–H and O–H groups in total. The summed E-state index contributed by atoms with van der Waals surface area (Å²) in [4.78, 5) is 0.271. The minimum atomic E-state index is -3.47. The fraction of sp³-hybridized carbons (Fsp3) is 0.333. The average molecular weight is 362 g/mol. The summed E-state index contributed by atoms with van der Waals surface area (Å²) < 4.78 is 37.7. The molecule has 25 heavy (non-hydrogen) atoms. The largest absolute Gasteiger partial charge is 0.497 e. The molecule has 7 heteroatoms. The normalized spacial score (nSPS) is 18.2. The maximum atomic E-state index is 12.7. The van der Waals surface area contributed by atoms with Crippen LogP contribution in [0.25, 0.3) is 0 Å². The lowest BCUT2D eigenvalue weighted by Crippen LogP contribution is -2.29. The standard InChI is InChI=1S/C18H22N2O4S/c1-23-15-2-4-16(5-3-15)24-17-6-8-18(9-7-17)25(21,22)20-11-10-14(12-19)13-20/h2-9,14H,10-13,19H2,1H3. The van der Waals surface area contributed by atoms with Gasteiger partial charge in [-0.3, -0.25) is 0 Å². The highest BCUT2D eigenvalue weighted by Crippen LogP contribution is 2.27. The summed E-state index contributed by atoms with van der Waals surface area (Å²) in [6.07, 6.45) is 0.814. The van der Waals surface area contributed by atoms with Crippen molar-refractivity contribution < 1.29 is 17.9 Å². The van der Waals surface area contributed by atoms with Gasteiger partial charge in [-0.1, -0.05) is 0 Å². The molecule has 3 rings (SSSR count). The van der Waals surface area contributed by atoms with E-state index in [4.69, 9.17) is 15.2 Å². The lowest BCUT2D eigenvalue weighted by molar-refractivity contribution is 0.413. The Morgan fingerprint density at radius 2 is 1.60 bits per heavy atom. The van der Waals surface area contributed by atoms with E-state index in [-0.39, 0.29) is 10.8 Å². The van der Waals surface area contributed by atoms with Crippen LogP contribution in [0.3, 0.4) is 0 Å². The highest BCUT2D eigenvalue weighted by atomic mass is 32.2. The van der Waals surface area contributed by atoms with Crippen molar-refractivity contribution in [2.45, 2.75) is 11.3 Å². The number of sulfonamides is 1. The van der Waals surface area contributed by atoms with E-state index >= 15 is 0 Å². The molecule has 0 amide bonds. The molecule has 1 atom stereocenters. The number of hydrogen-bond donors (Lipinski definition) is 1. The summed E-state index contributed by atoms with van der Waals surface area (Å²) in [6, 6.07) is 13.7. The van der Waals surface area contributed by atoms with Gasteiger partial charge >= 0.3 is 0 Å². The third-order valence-corrected chi connectivity index (χ3v) is 6.22. The Hall–Kier alpha value is -2.09. The van der Waals surface area contributed by atoms with Gasteiger partial charge in [0.1, 0.15) is 17.2 Å². The van der Waals surface area contributed by atoms with E-state index < -0.39 is 10.0 Å². The zero-order valence-corrected chi connectivity index (χ0v) is 14.9. The minimum absolute atomic E-state index is 0.243. The molecule has 0 bridgehead atoms. The lowest BCUT2D eigenvalue weighted by atomic mass is 10.1. The molecular formula is C18H22N2O4S. The Balaban J connectivity index is 1.71. The first-order chi connectivity index (χ1) is 12.0. The van der Waals surface area contributed by atoms with E-state index in [1.54, 1.807) is 55.6 Å². The van der Waals surface area contributed by atoms with Crippen molar-refractivity contribution in [1.82, 2.24) is 4.31 Å². The SMILES string of the molecule is COc1ccc(Oc2ccc(S(=O)(=O)N3CCC(CN)C3)cc2)cc1. The van der Waals surface area contributed by atoms with Crippen LogP contribution < -0.4 is 15.2 Å². The number of nitrogens with two attached hydrogens (primary N) is 1. The topological polar surface area (TPSA) is 81.9 Å². The molecule has 1 heterocycles. The molecule has 0 spiro atoms. The van der Waals surface area contributed by atoms with Gasteiger partial charge in [-0.05, 0) is 67.4 Å². The van der Waals surface area contributed by atoms with Crippen molar-refractivity contribution >= 4 is 10.0 Å². The van der Waals surface area contributed by atoms with Gasteiger partial charge in [0.25, 0.3) is 0 Å². The maximum absolute atomic E-state index is 12.7. The highest BCUT2D eigenvalue weighted by molar-refractivity contribution is 7.89. The molecule has 0 radical (unpaired) electrons. The van der Waals surface area contributed by atoms with E-state index in [9.17, 15) is 8.42 Å². The number of hydrogen-bond acceptors (Lipinski definition) is 5. The fourth-order valence-corrected chi connectivity index (χ4v) is 4.35. The van der Waals surface area contributed by atoms with Crippen LogP contribution in [0.4, 0.5) is 0 Å². The predicted octanol–water partition coefficient (Wildman–Crippen LogP) is 2.46. The Kier molecular flexibility index (Phi) is 5.27. The summed E-state index contributed by atoms with van der Waals surface area (Å²) in [5.74, 6) is 2.22. The van der Waals surface area contributed by atoms with Crippen LogP contribution in [0.15, 0.2) is 53.4 Å². The monoisotopic (exact) mass is 362 g/mol. The number of rotatable bonds is 6. The Bertz CT molecular complexity index is 804. The van der Waals surface area contributed by atoms with E-state index in [0.717, 1.165) is 12.2 Å². The predicted molar refractivity (Wildman–Crippen MR) is 95.4 cm³/mol. The third kappa shape index (κ3) is 3.95. The van der Waals surface area contributed by atoms with Gasteiger partial charge in [-0.15, -0.1) is 0 Å². The fourth-order valence-electron chi connectivity index (χ4n) is 2.82. The van der Waals surface area contributed by atoms with E-state index in [0.29, 0.717) is 31.1 Å². The molecule has 2 aromatic carbocycles. The average Bonchev–Trinajstić information content (AvgIpc) is 3.13. The van der Waals surface area contributed by atoms with Crippen LogP contribution in [-0.2, 0) is 10.0 Å². The minimum Gasteiger partial charge on any atom is -0.497 e. The quantitative estimate of drug-likeness (QED) is 0.854. The Morgan fingerprint density at radius 3 is 2.12 bits per heavy atom. The molecule has 134 valence electrons. The van der Waals surface area contributed by atoms with Crippen LogP contribution in [0.1, 0.15) is 6.42 Å². The number of nitrogens with zero attached hydrogens (tertiary/aromatic N) is 1. The molecule has 0 aliphatic carbocycles. The van der Waals surface area contributed by atoms with Gasteiger partial charge in [0, 0.05) is 13.1 Å². The van der Waals surface area contributed by atoms with Crippen LogP contribution in [0.5, 0.6) is 17.2 Å². The Labute approximate surface area is 148 Å². The lowest BCUT2D eigenvalue weighted by Gasteiger charge is -2.16. The van der Waals surface area contributed by atoms with Crippen molar-refractivity contribution in [2.24, 2.45) is 11.7 Å². The highest BCUT2D eigenvalue weighted by Gasteiger charge is 2.31. The maximum Gasteiger partial charge on any atom is 0.243 e. The van der Waals surface area contributed by atoms with Gasteiger partial charge < -0.3 is 15.2 Å². The molecule has 6 nitrogen and oxygen atoms in total. The molecule has 1 fully saturated rings. The van der Waals surface area contributed by atoms with Gasteiger partial charge in [0.2, 0.25) is 10.0 Å².